The predicted octanol–water partition coefficient (Wildman–Crippen LogP) is 1.47. The van der Waals surface area contributed by atoms with Gasteiger partial charge >= 0.3 is 0 Å². The first-order valence-electron chi connectivity index (χ1n) is 6.51. The van der Waals surface area contributed by atoms with Crippen LogP contribution in [0.15, 0.2) is 24.3 Å². The summed E-state index contributed by atoms with van der Waals surface area (Å²) in [7, 11) is 0. The summed E-state index contributed by atoms with van der Waals surface area (Å²) in [5.74, 6) is 0.283. The van der Waals surface area contributed by atoms with E-state index in [0.717, 1.165) is 6.42 Å². The van der Waals surface area contributed by atoms with Crippen molar-refractivity contribution in [1.29, 1.82) is 0 Å². The molecule has 1 saturated heterocycles. The molecule has 5 heteroatoms. The number of likely N-dealkylation sites (tertiary alicyclic amines) is 1. The molecule has 5 nitrogen and oxygen atoms in total. The Labute approximate surface area is 112 Å². The van der Waals surface area contributed by atoms with Crippen molar-refractivity contribution in [1.82, 2.24) is 4.90 Å². The number of nitrogens with zero attached hydrogens (tertiary/aromatic N) is 1. The highest BCUT2D eigenvalue weighted by Crippen LogP contribution is 2.20. The molecule has 0 radical (unpaired) electrons. The zero-order valence-electron chi connectivity index (χ0n) is 11.1. The van der Waals surface area contributed by atoms with Crippen LogP contribution in [0.3, 0.4) is 0 Å². The number of hydrogen-bond donors (Lipinski definition) is 2. The third-order valence-electron chi connectivity index (χ3n) is 3.40. The third-order valence-corrected chi connectivity index (χ3v) is 3.40. The van der Waals surface area contributed by atoms with Gasteiger partial charge in [-0.05, 0) is 30.2 Å². The van der Waals surface area contributed by atoms with Gasteiger partial charge in [0, 0.05) is 24.3 Å². The van der Waals surface area contributed by atoms with Gasteiger partial charge in [-0.3, -0.25) is 9.59 Å². The minimum absolute atomic E-state index is 0.0688. The van der Waals surface area contributed by atoms with E-state index >= 15 is 0 Å². The summed E-state index contributed by atoms with van der Waals surface area (Å²) in [5.41, 5.74) is 6.92. The van der Waals surface area contributed by atoms with Crippen LogP contribution in [0.2, 0.25) is 0 Å². The smallest absolute Gasteiger partial charge is 0.243 e. The Morgan fingerprint density at radius 1 is 1.42 bits per heavy atom. The molecule has 19 heavy (non-hydrogen) atoms. The molecule has 1 heterocycles. The van der Waals surface area contributed by atoms with Crippen LogP contribution in [-0.2, 0) is 9.59 Å². The molecule has 0 spiro atoms. The van der Waals surface area contributed by atoms with Gasteiger partial charge < -0.3 is 16.0 Å². The number of benzene rings is 1. The third kappa shape index (κ3) is 3.47. The Kier molecular flexibility index (Phi) is 4.04. The fourth-order valence-electron chi connectivity index (χ4n) is 2.22. The lowest BCUT2D eigenvalue weighted by molar-refractivity contribution is -0.131. The second kappa shape index (κ2) is 5.73. The van der Waals surface area contributed by atoms with Crippen molar-refractivity contribution in [3.05, 3.63) is 24.3 Å². The fourth-order valence-corrected chi connectivity index (χ4v) is 2.22. The van der Waals surface area contributed by atoms with Crippen molar-refractivity contribution < 1.29 is 9.59 Å². The molecular formula is C14H19N3O2. The van der Waals surface area contributed by atoms with Crippen LogP contribution in [-0.4, -0.2) is 29.8 Å². The Balaban J connectivity index is 1.88. The number of rotatable bonds is 4. The van der Waals surface area contributed by atoms with Gasteiger partial charge in [-0.25, -0.2) is 0 Å². The summed E-state index contributed by atoms with van der Waals surface area (Å²) in [6.45, 7) is 2.88. The molecule has 1 aliphatic rings. The normalized spacial score (nSPS) is 18.7. The van der Waals surface area contributed by atoms with Gasteiger partial charge in [0.05, 0.1) is 6.54 Å². The van der Waals surface area contributed by atoms with E-state index in [1.807, 2.05) is 0 Å². The first-order valence-corrected chi connectivity index (χ1v) is 6.51. The molecule has 1 aliphatic heterocycles. The van der Waals surface area contributed by atoms with Gasteiger partial charge in [0.15, 0.2) is 0 Å². The number of amides is 2. The molecule has 0 aliphatic carbocycles. The average molecular weight is 261 g/mol. The molecule has 1 unspecified atom stereocenters. The highest BCUT2D eigenvalue weighted by Gasteiger charge is 2.29. The van der Waals surface area contributed by atoms with Gasteiger partial charge in [-0.15, -0.1) is 0 Å². The fraction of sp³-hybridized carbons (Fsp3) is 0.429. The van der Waals surface area contributed by atoms with Crippen molar-refractivity contribution in [2.75, 3.05) is 24.1 Å². The van der Waals surface area contributed by atoms with Crippen LogP contribution in [0.4, 0.5) is 11.4 Å². The van der Waals surface area contributed by atoms with Gasteiger partial charge in [-0.2, -0.15) is 0 Å². The second-order valence-corrected chi connectivity index (χ2v) is 4.92. The van der Waals surface area contributed by atoms with Gasteiger partial charge in [0.1, 0.15) is 0 Å². The zero-order valence-corrected chi connectivity index (χ0v) is 11.1. The maximum Gasteiger partial charge on any atom is 0.243 e. The summed E-state index contributed by atoms with van der Waals surface area (Å²) in [4.78, 5) is 25.2. The lowest BCUT2D eigenvalue weighted by Gasteiger charge is -2.16. The highest BCUT2D eigenvalue weighted by atomic mass is 16.2. The number of carbonyl (C=O) groups is 2. The summed E-state index contributed by atoms with van der Waals surface area (Å²) < 4.78 is 0. The minimum atomic E-state index is -0.171. The molecule has 1 aromatic carbocycles. The number of nitrogen functional groups attached to an aromatic ring is 1. The molecule has 102 valence electrons. The van der Waals surface area contributed by atoms with Crippen LogP contribution in [0.5, 0.6) is 0 Å². The van der Waals surface area contributed by atoms with Crippen molar-refractivity contribution in [3.63, 3.8) is 0 Å². The quantitative estimate of drug-likeness (QED) is 0.806. The number of carbonyl (C=O) groups excluding carboxylic acids is 2. The molecule has 0 aromatic heterocycles. The van der Waals surface area contributed by atoms with Gasteiger partial charge in [0.2, 0.25) is 11.8 Å². The highest BCUT2D eigenvalue weighted by molar-refractivity contribution is 5.95. The maximum absolute atomic E-state index is 11.9. The van der Waals surface area contributed by atoms with Gasteiger partial charge in [0.25, 0.3) is 0 Å². The van der Waals surface area contributed by atoms with Gasteiger partial charge in [-0.1, -0.05) is 13.3 Å². The average Bonchev–Trinajstić information content (AvgIpc) is 2.73. The molecule has 0 bridgehead atoms. The standard InChI is InChI=1S/C14H19N3O2/c1-2-10-7-14(19)17(8-10)9-13(18)16-12-5-3-11(15)4-6-12/h3-6,10H,2,7-9,15H2,1H3,(H,16,18). The molecule has 1 fully saturated rings. The van der Waals surface area contributed by atoms with E-state index in [1.54, 1.807) is 29.2 Å². The lowest BCUT2D eigenvalue weighted by Crippen LogP contribution is -2.34. The zero-order chi connectivity index (χ0) is 13.8. The number of anilines is 2. The summed E-state index contributed by atoms with van der Waals surface area (Å²) in [5, 5.41) is 2.76. The minimum Gasteiger partial charge on any atom is -0.399 e. The van der Waals surface area contributed by atoms with Crippen molar-refractivity contribution in [3.8, 4) is 0 Å². The Morgan fingerprint density at radius 2 is 2.11 bits per heavy atom. The number of nitrogens with one attached hydrogen (secondary N) is 1. The Bertz CT molecular complexity index is 470. The van der Waals surface area contributed by atoms with E-state index in [9.17, 15) is 9.59 Å². The molecular weight excluding hydrogens is 242 g/mol. The van der Waals surface area contributed by atoms with Crippen molar-refractivity contribution in [2.24, 2.45) is 5.92 Å². The van der Waals surface area contributed by atoms with E-state index in [-0.39, 0.29) is 18.4 Å². The summed E-state index contributed by atoms with van der Waals surface area (Å²) in [6, 6.07) is 6.94. The number of nitrogens with two attached hydrogens (primary N) is 1. The second-order valence-electron chi connectivity index (χ2n) is 4.92. The molecule has 2 amide bonds. The Morgan fingerprint density at radius 3 is 2.68 bits per heavy atom. The van der Waals surface area contributed by atoms with E-state index < -0.39 is 0 Å². The topological polar surface area (TPSA) is 75.4 Å². The van der Waals surface area contributed by atoms with E-state index in [4.69, 9.17) is 5.73 Å². The molecule has 1 aromatic rings. The molecule has 2 rings (SSSR count). The summed E-state index contributed by atoms with van der Waals surface area (Å²) in [6.07, 6.45) is 1.54. The summed E-state index contributed by atoms with van der Waals surface area (Å²) >= 11 is 0. The molecule has 1 atom stereocenters. The lowest BCUT2D eigenvalue weighted by atomic mass is 10.1. The van der Waals surface area contributed by atoms with Crippen LogP contribution < -0.4 is 11.1 Å². The Hall–Kier alpha value is -2.04. The first kappa shape index (κ1) is 13.4. The SMILES string of the molecule is CCC1CC(=O)N(CC(=O)Nc2ccc(N)cc2)C1. The first-order chi connectivity index (χ1) is 9.08. The van der Waals surface area contributed by atoms with Crippen LogP contribution in [0.25, 0.3) is 0 Å². The molecule has 3 N–H and O–H groups in total. The largest absolute Gasteiger partial charge is 0.399 e. The van der Waals surface area contributed by atoms with E-state index in [2.05, 4.69) is 12.2 Å². The van der Waals surface area contributed by atoms with Crippen LogP contribution in [0.1, 0.15) is 19.8 Å². The van der Waals surface area contributed by atoms with Crippen molar-refractivity contribution in [2.45, 2.75) is 19.8 Å². The molecule has 0 saturated carbocycles. The van der Waals surface area contributed by atoms with E-state index in [0.29, 0.717) is 30.3 Å². The van der Waals surface area contributed by atoms with Crippen LogP contribution in [0, 0.1) is 5.92 Å². The monoisotopic (exact) mass is 261 g/mol. The van der Waals surface area contributed by atoms with E-state index in [1.165, 1.54) is 0 Å². The maximum atomic E-state index is 11.9. The predicted molar refractivity (Wildman–Crippen MR) is 74.5 cm³/mol. The van der Waals surface area contributed by atoms with Crippen LogP contribution >= 0.6 is 0 Å². The number of hydrogen-bond acceptors (Lipinski definition) is 3. The van der Waals surface area contributed by atoms with Crippen molar-refractivity contribution >= 4 is 23.2 Å².